The SMILES string of the molecule is COc1ccc(CN(Cc2ccco2)C(=O)c2ccc(Cl)cc2)cc1OS(=O)(=O)c1cccc(C(F)(F)F)c1. The van der Waals surface area contributed by atoms with Crippen LogP contribution in [0.3, 0.4) is 0 Å². The van der Waals surface area contributed by atoms with Crippen LogP contribution in [0.5, 0.6) is 11.5 Å². The predicted molar refractivity (Wildman–Crippen MR) is 136 cm³/mol. The van der Waals surface area contributed by atoms with Crippen LogP contribution in [0, 0.1) is 0 Å². The lowest BCUT2D eigenvalue weighted by molar-refractivity contribution is -0.137. The zero-order chi connectivity index (χ0) is 28.2. The first-order valence-corrected chi connectivity index (χ1v) is 13.1. The molecular formula is C27H21ClF3NO6S. The quantitative estimate of drug-likeness (QED) is 0.208. The van der Waals surface area contributed by atoms with Gasteiger partial charge in [0.2, 0.25) is 0 Å². The van der Waals surface area contributed by atoms with Crippen LogP contribution in [0.15, 0.2) is 94.4 Å². The summed E-state index contributed by atoms with van der Waals surface area (Å²) in [6.07, 6.45) is -3.27. The number of nitrogens with zero attached hydrogens (tertiary/aromatic N) is 1. The summed E-state index contributed by atoms with van der Waals surface area (Å²) in [5.41, 5.74) is -0.316. The zero-order valence-corrected chi connectivity index (χ0v) is 21.9. The highest BCUT2D eigenvalue weighted by atomic mass is 35.5. The van der Waals surface area contributed by atoms with Crippen LogP contribution in [0.1, 0.15) is 27.2 Å². The Kier molecular flexibility index (Phi) is 8.22. The second kappa shape index (κ2) is 11.4. The molecular weight excluding hydrogens is 559 g/mol. The Morgan fingerprint density at radius 1 is 0.949 bits per heavy atom. The fourth-order valence-electron chi connectivity index (χ4n) is 3.66. The molecule has 7 nitrogen and oxygen atoms in total. The number of hydrogen-bond donors (Lipinski definition) is 0. The van der Waals surface area contributed by atoms with Crippen molar-refractivity contribution in [3.05, 3.63) is 113 Å². The number of benzene rings is 3. The topological polar surface area (TPSA) is 86.0 Å². The summed E-state index contributed by atoms with van der Waals surface area (Å²) < 4.78 is 80.9. The Morgan fingerprint density at radius 2 is 1.69 bits per heavy atom. The maximum absolute atomic E-state index is 13.3. The molecule has 204 valence electrons. The van der Waals surface area contributed by atoms with E-state index in [0.717, 1.165) is 18.2 Å². The molecule has 0 aliphatic heterocycles. The number of carbonyl (C=O) groups excluding carboxylic acids is 1. The second-order valence-corrected chi connectivity index (χ2v) is 10.3. The maximum atomic E-state index is 13.3. The van der Waals surface area contributed by atoms with Gasteiger partial charge in [-0.05, 0) is 72.3 Å². The van der Waals surface area contributed by atoms with E-state index in [9.17, 15) is 26.4 Å². The van der Waals surface area contributed by atoms with Crippen LogP contribution in [0.2, 0.25) is 5.02 Å². The molecule has 3 aromatic carbocycles. The van der Waals surface area contributed by atoms with Crippen LogP contribution >= 0.6 is 11.6 Å². The lowest BCUT2D eigenvalue weighted by atomic mass is 10.1. The standard InChI is InChI=1S/C27H21ClF3NO6S/c1-36-24-12-7-18(14-25(24)38-39(34,35)23-6-2-4-20(15-23)27(29,30)31)16-32(17-22-5-3-13-37-22)26(33)19-8-10-21(28)11-9-19/h2-15H,16-17H2,1H3. The molecule has 1 aromatic heterocycles. The molecule has 0 fully saturated rings. The normalized spacial score (nSPS) is 11.7. The van der Waals surface area contributed by atoms with Crippen molar-refractivity contribution in [2.45, 2.75) is 24.2 Å². The molecule has 0 radical (unpaired) electrons. The number of halogens is 4. The average molecular weight is 580 g/mol. The average Bonchev–Trinajstić information content (AvgIpc) is 3.41. The largest absolute Gasteiger partial charge is 0.493 e. The van der Waals surface area contributed by atoms with Gasteiger partial charge in [-0.1, -0.05) is 23.7 Å². The van der Waals surface area contributed by atoms with Crippen molar-refractivity contribution in [3.63, 3.8) is 0 Å². The minimum Gasteiger partial charge on any atom is -0.493 e. The smallest absolute Gasteiger partial charge is 0.416 e. The molecule has 0 N–H and O–H groups in total. The number of carbonyl (C=O) groups is 1. The molecule has 1 heterocycles. The molecule has 0 saturated heterocycles. The van der Waals surface area contributed by atoms with Crippen molar-refractivity contribution < 1.29 is 39.7 Å². The lowest BCUT2D eigenvalue weighted by Gasteiger charge is -2.23. The van der Waals surface area contributed by atoms with Crippen molar-refractivity contribution in [1.29, 1.82) is 0 Å². The fraction of sp³-hybridized carbons (Fsp3) is 0.148. The predicted octanol–water partition coefficient (Wildman–Crippen LogP) is 6.57. The molecule has 0 aliphatic carbocycles. The van der Waals surface area contributed by atoms with Gasteiger partial charge in [0.15, 0.2) is 11.5 Å². The molecule has 0 spiro atoms. The Labute approximate surface area is 227 Å². The Morgan fingerprint density at radius 3 is 2.33 bits per heavy atom. The van der Waals surface area contributed by atoms with Crippen LogP contribution in [0.4, 0.5) is 13.2 Å². The Bertz CT molecular complexity index is 1560. The van der Waals surface area contributed by atoms with Crippen LogP contribution in [-0.4, -0.2) is 26.3 Å². The number of ether oxygens (including phenoxy) is 1. The van der Waals surface area contributed by atoms with Gasteiger partial charge < -0.3 is 18.2 Å². The molecule has 0 aliphatic rings. The monoisotopic (exact) mass is 579 g/mol. The summed E-state index contributed by atoms with van der Waals surface area (Å²) in [7, 11) is -3.38. The number of hydrogen-bond acceptors (Lipinski definition) is 6. The number of methoxy groups -OCH3 is 1. The summed E-state index contributed by atoms with van der Waals surface area (Å²) in [5.74, 6) is -0.0763. The van der Waals surface area contributed by atoms with Gasteiger partial charge in [-0.25, -0.2) is 0 Å². The van der Waals surface area contributed by atoms with E-state index in [2.05, 4.69) is 0 Å². The Balaban J connectivity index is 1.64. The molecule has 0 atom stereocenters. The van der Waals surface area contributed by atoms with E-state index in [1.54, 1.807) is 42.5 Å². The molecule has 4 rings (SSSR count). The molecule has 0 unspecified atom stereocenters. The van der Waals surface area contributed by atoms with Gasteiger partial charge >= 0.3 is 16.3 Å². The third-order valence-electron chi connectivity index (χ3n) is 5.56. The Hall–Kier alpha value is -3.96. The molecule has 39 heavy (non-hydrogen) atoms. The highest BCUT2D eigenvalue weighted by molar-refractivity contribution is 7.87. The lowest BCUT2D eigenvalue weighted by Crippen LogP contribution is -2.30. The maximum Gasteiger partial charge on any atom is 0.416 e. The number of furan rings is 1. The molecule has 0 saturated carbocycles. The summed E-state index contributed by atoms with van der Waals surface area (Å²) in [5, 5.41) is 0.461. The fourth-order valence-corrected chi connectivity index (χ4v) is 4.77. The van der Waals surface area contributed by atoms with Crippen LogP contribution in [-0.2, 0) is 29.4 Å². The molecule has 1 amide bonds. The van der Waals surface area contributed by atoms with Gasteiger partial charge in [0, 0.05) is 17.1 Å². The van der Waals surface area contributed by atoms with Gasteiger partial charge in [-0.2, -0.15) is 21.6 Å². The third-order valence-corrected chi connectivity index (χ3v) is 7.04. The van der Waals surface area contributed by atoms with Gasteiger partial charge in [0.25, 0.3) is 5.91 Å². The van der Waals surface area contributed by atoms with Crippen molar-refractivity contribution >= 4 is 27.6 Å². The summed E-state index contributed by atoms with van der Waals surface area (Å²) in [6, 6.07) is 17.3. The van der Waals surface area contributed by atoms with E-state index < -0.39 is 26.8 Å². The summed E-state index contributed by atoms with van der Waals surface area (Å²) >= 11 is 5.94. The zero-order valence-electron chi connectivity index (χ0n) is 20.3. The van der Waals surface area contributed by atoms with E-state index in [1.807, 2.05) is 0 Å². The van der Waals surface area contributed by atoms with E-state index >= 15 is 0 Å². The van der Waals surface area contributed by atoms with Crippen molar-refractivity contribution in [2.75, 3.05) is 7.11 Å². The van der Waals surface area contributed by atoms with E-state index in [4.69, 9.17) is 24.9 Å². The number of rotatable bonds is 9. The van der Waals surface area contributed by atoms with E-state index in [-0.39, 0.29) is 30.5 Å². The molecule has 0 bridgehead atoms. The van der Waals surface area contributed by atoms with Crippen LogP contribution in [0.25, 0.3) is 0 Å². The van der Waals surface area contributed by atoms with Crippen molar-refractivity contribution in [1.82, 2.24) is 4.90 Å². The van der Waals surface area contributed by atoms with Crippen molar-refractivity contribution in [3.8, 4) is 11.5 Å². The highest BCUT2D eigenvalue weighted by Crippen LogP contribution is 2.34. The molecule has 12 heteroatoms. The third kappa shape index (κ3) is 6.92. The van der Waals surface area contributed by atoms with E-state index in [0.29, 0.717) is 28.0 Å². The van der Waals surface area contributed by atoms with Crippen molar-refractivity contribution in [2.24, 2.45) is 0 Å². The first-order chi connectivity index (χ1) is 18.5. The second-order valence-electron chi connectivity index (χ2n) is 8.30. The molecule has 4 aromatic rings. The number of alkyl halides is 3. The minimum atomic E-state index is -4.74. The first kappa shape index (κ1) is 28.1. The van der Waals surface area contributed by atoms with Gasteiger partial charge in [-0.15, -0.1) is 0 Å². The number of amides is 1. The van der Waals surface area contributed by atoms with Gasteiger partial charge in [-0.3, -0.25) is 4.79 Å². The summed E-state index contributed by atoms with van der Waals surface area (Å²) in [4.78, 5) is 14.1. The van der Waals surface area contributed by atoms with E-state index in [1.165, 1.54) is 30.4 Å². The highest BCUT2D eigenvalue weighted by Gasteiger charge is 2.32. The first-order valence-electron chi connectivity index (χ1n) is 11.3. The van der Waals surface area contributed by atoms with Gasteiger partial charge in [0.1, 0.15) is 10.7 Å². The van der Waals surface area contributed by atoms with Crippen LogP contribution < -0.4 is 8.92 Å². The van der Waals surface area contributed by atoms with Gasteiger partial charge in [0.05, 0.1) is 25.5 Å². The summed E-state index contributed by atoms with van der Waals surface area (Å²) in [6.45, 7) is 0.103. The minimum absolute atomic E-state index is 0.00607.